The molecule has 0 bridgehead atoms. The molecule has 2 aromatic rings. The maximum absolute atomic E-state index is 5.67. The summed E-state index contributed by atoms with van der Waals surface area (Å²) in [6.45, 7) is 3.81. The summed E-state index contributed by atoms with van der Waals surface area (Å²) in [5, 5.41) is 8.01. The molecule has 88 valence electrons. The van der Waals surface area contributed by atoms with Crippen LogP contribution in [0.4, 0.5) is 11.5 Å². The molecule has 0 saturated carbocycles. The van der Waals surface area contributed by atoms with E-state index < -0.39 is 0 Å². The van der Waals surface area contributed by atoms with Crippen LogP contribution in [-0.2, 0) is 6.54 Å². The lowest BCUT2D eigenvalue weighted by atomic mass is 10.2. The van der Waals surface area contributed by atoms with Gasteiger partial charge in [-0.2, -0.15) is 5.10 Å². The van der Waals surface area contributed by atoms with Gasteiger partial charge in [-0.25, -0.2) is 0 Å². The summed E-state index contributed by atoms with van der Waals surface area (Å²) in [5.41, 5.74) is 7.67. The number of nitrogens with zero attached hydrogens (tertiary/aromatic N) is 3. The largest absolute Gasteiger partial charge is 0.399 e. The molecule has 1 aromatic carbocycles. The van der Waals surface area contributed by atoms with Gasteiger partial charge in [0.25, 0.3) is 0 Å². The Labute approximate surface area is 101 Å². The van der Waals surface area contributed by atoms with Crippen molar-refractivity contribution >= 4 is 11.5 Å². The highest BCUT2D eigenvalue weighted by Crippen LogP contribution is 2.13. The molecule has 2 rings (SSSR count). The predicted octanol–water partition coefficient (Wildman–Crippen LogP) is 2.09. The molecule has 1 aromatic heterocycles. The van der Waals surface area contributed by atoms with E-state index in [9.17, 15) is 0 Å². The lowest BCUT2D eigenvalue weighted by molar-refractivity contribution is 0.796. The van der Waals surface area contributed by atoms with Crippen LogP contribution in [0, 0.1) is 0 Å². The lowest BCUT2D eigenvalue weighted by Gasteiger charge is -2.21. The Kier molecular flexibility index (Phi) is 3.55. The third kappa shape index (κ3) is 2.93. The molecule has 2 N–H and O–H groups in total. The Hall–Kier alpha value is -2.10. The van der Waals surface area contributed by atoms with Gasteiger partial charge in [0, 0.05) is 25.0 Å². The molecule has 0 aliphatic rings. The minimum absolute atomic E-state index is 0.788. The second kappa shape index (κ2) is 5.30. The zero-order valence-corrected chi connectivity index (χ0v) is 9.87. The first kappa shape index (κ1) is 11.4. The first-order valence-corrected chi connectivity index (χ1v) is 5.66. The SMILES string of the molecule is CCN(Cc1ccc(N)cc1)c1cccnn1. The van der Waals surface area contributed by atoms with Crippen LogP contribution in [0.1, 0.15) is 12.5 Å². The van der Waals surface area contributed by atoms with Gasteiger partial charge in [-0.3, -0.25) is 0 Å². The molecule has 0 fully saturated rings. The molecule has 4 heteroatoms. The molecule has 0 atom stereocenters. The van der Waals surface area contributed by atoms with Crippen molar-refractivity contribution in [2.45, 2.75) is 13.5 Å². The summed E-state index contributed by atoms with van der Waals surface area (Å²) in [6.07, 6.45) is 1.68. The van der Waals surface area contributed by atoms with Crippen LogP contribution >= 0.6 is 0 Å². The van der Waals surface area contributed by atoms with Crippen molar-refractivity contribution < 1.29 is 0 Å². The van der Waals surface area contributed by atoms with E-state index >= 15 is 0 Å². The van der Waals surface area contributed by atoms with Crippen molar-refractivity contribution in [3.05, 3.63) is 48.2 Å². The van der Waals surface area contributed by atoms with Crippen LogP contribution in [0.3, 0.4) is 0 Å². The van der Waals surface area contributed by atoms with Crippen LogP contribution in [0.15, 0.2) is 42.6 Å². The molecular formula is C13H16N4. The van der Waals surface area contributed by atoms with Crippen LogP contribution < -0.4 is 10.6 Å². The van der Waals surface area contributed by atoms with Crippen molar-refractivity contribution in [1.82, 2.24) is 10.2 Å². The minimum atomic E-state index is 0.788. The molecule has 4 nitrogen and oxygen atoms in total. The number of rotatable bonds is 4. The third-order valence-electron chi connectivity index (χ3n) is 2.62. The van der Waals surface area contributed by atoms with Crippen molar-refractivity contribution in [3.63, 3.8) is 0 Å². The summed E-state index contributed by atoms with van der Waals surface area (Å²) in [7, 11) is 0. The Morgan fingerprint density at radius 3 is 2.53 bits per heavy atom. The number of nitrogens with two attached hydrogens (primary N) is 1. The fourth-order valence-corrected chi connectivity index (χ4v) is 1.66. The molecule has 0 aliphatic carbocycles. The number of nitrogen functional groups attached to an aromatic ring is 1. The summed E-state index contributed by atoms with van der Waals surface area (Å²) >= 11 is 0. The molecule has 0 aliphatic heterocycles. The first-order chi connectivity index (χ1) is 8.29. The van der Waals surface area contributed by atoms with Crippen molar-refractivity contribution in [2.75, 3.05) is 17.2 Å². The van der Waals surface area contributed by atoms with Crippen molar-refractivity contribution in [1.29, 1.82) is 0 Å². The zero-order valence-electron chi connectivity index (χ0n) is 9.87. The van der Waals surface area contributed by atoms with Crippen molar-refractivity contribution in [2.24, 2.45) is 0 Å². The van der Waals surface area contributed by atoms with Gasteiger partial charge in [0.1, 0.15) is 0 Å². The number of benzene rings is 1. The van der Waals surface area contributed by atoms with Gasteiger partial charge in [-0.15, -0.1) is 5.10 Å². The van der Waals surface area contributed by atoms with Gasteiger partial charge in [0.15, 0.2) is 5.82 Å². The maximum atomic E-state index is 5.67. The highest BCUT2D eigenvalue weighted by Gasteiger charge is 2.06. The van der Waals surface area contributed by atoms with Crippen LogP contribution in [0.2, 0.25) is 0 Å². The summed E-state index contributed by atoms with van der Waals surface area (Å²) in [6, 6.07) is 11.8. The van der Waals surface area contributed by atoms with Crippen LogP contribution in [0.25, 0.3) is 0 Å². The van der Waals surface area contributed by atoms with Gasteiger partial charge >= 0.3 is 0 Å². The third-order valence-corrected chi connectivity index (χ3v) is 2.62. The van der Waals surface area contributed by atoms with Gasteiger partial charge < -0.3 is 10.6 Å². The van der Waals surface area contributed by atoms with Crippen LogP contribution in [0.5, 0.6) is 0 Å². The maximum Gasteiger partial charge on any atom is 0.151 e. The molecule has 0 spiro atoms. The molecule has 0 amide bonds. The number of anilines is 2. The predicted molar refractivity (Wildman–Crippen MR) is 69.6 cm³/mol. The van der Waals surface area contributed by atoms with Gasteiger partial charge in [-0.05, 0) is 36.8 Å². The van der Waals surface area contributed by atoms with E-state index in [0.29, 0.717) is 0 Å². The minimum Gasteiger partial charge on any atom is -0.399 e. The second-order valence-corrected chi connectivity index (χ2v) is 3.84. The molecule has 17 heavy (non-hydrogen) atoms. The molecular weight excluding hydrogens is 212 g/mol. The first-order valence-electron chi connectivity index (χ1n) is 5.66. The highest BCUT2D eigenvalue weighted by molar-refractivity contribution is 5.42. The van der Waals surface area contributed by atoms with E-state index in [1.165, 1.54) is 5.56 Å². The monoisotopic (exact) mass is 228 g/mol. The summed E-state index contributed by atoms with van der Waals surface area (Å²) in [4.78, 5) is 2.17. The van der Waals surface area contributed by atoms with E-state index in [-0.39, 0.29) is 0 Å². The zero-order chi connectivity index (χ0) is 12.1. The smallest absolute Gasteiger partial charge is 0.151 e. The summed E-state index contributed by atoms with van der Waals surface area (Å²) < 4.78 is 0. The fourth-order valence-electron chi connectivity index (χ4n) is 1.66. The summed E-state index contributed by atoms with van der Waals surface area (Å²) in [5.74, 6) is 0.895. The standard InChI is InChI=1S/C13H16N4/c1-2-17(13-4-3-9-15-16-13)10-11-5-7-12(14)8-6-11/h3-9H,2,10,14H2,1H3. The normalized spacial score (nSPS) is 10.2. The van der Waals surface area contributed by atoms with E-state index in [0.717, 1.165) is 24.6 Å². The fraction of sp³-hybridized carbons (Fsp3) is 0.231. The highest BCUT2D eigenvalue weighted by atomic mass is 15.2. The lowest BCUT2D eigenvalue weighted by Crippen LogP contribution is -2.23. The molecule has 1 heterocycles. The number of hydrogen-bond acceptors (Lipinski definition) is 4. The molecule has 0 unspecified atom stereocenters. The average molecular weight is 228 g/mol. The average Bonchev–Trinajstić information content (AvgIpc) is 2.39. The van der Waals surface area contributed by atoms with Gasteiger partial charge in [-0.1, -0.05) is 12.1 Å². The van der Waals surface area contributed by atoms with E-state index in [1.54, 1.807) is 6.20 Å². The molecule has 0 radical (unpaired) electrons. The van der Waals surface area contributed by atoms with E-state index in [4.69, 9.17) is 5.73 Å². The van der Waals surface area contributed by atoms with Crippen molar-refractivity contribution in [3.8, 4) is 0 Å². The Balaban J connectivity index is 2.13. The Morgan fingerprint density at radius 1 is 1.18 bits per heavy atom. The number of hydrogen-bond donors (Lipinski definition) is 1. The van der Waals surface area contributed by atoms with E-state index in [2.05, 4.69) is 22.0 Å². The van der Waals surface area contributed by atoms with E-state index in [1.807, 2.05) is 36.4 Å². The number of aromatic nitrogens is 2. The Bertz CT molecular complexity index is 453. The second-order valence-electron chi connectivity index (χ2n) is 3.84. The Morgan fingerprint density at radius 2 is 1.94 bits per heavy atom. The quantitative estimate of drug-likeness (QED) is 0.814. The van der Waals surface area contributed by atoms with Crippen LogP contribution in [-0.4, -0.2) is 16.7 Å². The van der Waals surface area contributed by atoms with Gasteiger partial charge in [0.05, 0.1) is 0 Å². The topological polar surface area (TPSA) is 55.0 Å². The molecule has 0 saturated heterocycles. The van der Waals surface area contributed by atoms with Gasteiger partial charge in [0.2, 0.25) is 0 Å².